The van der Waals surface area contributed by atoms with E-state index in [-0.39, 0.29) is 5.91 Å². The van der Waals surface area contributed by atoms with Gasteiger partial charge >= 0.3 is 0 Å². The molecule has 0 aromatic rings. The number of alkyl halides is 1. The smallest absolute Gasteiger partial charge is 0.224 e. The van der Waals surface area contributed by atoms with Crippen LogP contribution in [0.2, 0.25) is 0 Å². The zero-order valence-corrected chi connectivity index (χ0v) is 10.2. The Bertz CT molecular complexity index is 228. The molecular formula is C11H19ClN2O2. The second-order valence-electron chi connectivity index (χ2n) is 3.57. The number of nitrogens with zero attached hydrogens (tertiary/aromatic N) is 1. The van der Waals surface area contributed by atoms with Crippen molar-refractivity contribution in [2.24, 2.45) is 0 Å². The fourth-order valence-corrected chi connectivity index (χ4v) is 1.62. The lowest BCUT2D eigenvalue weighted by Gasteiger charge is -2.26. The van der Waals surface area contributed by atoms with Crippen molar-refractivity contribution in [1.82, 2.24) is 10.2 Å². The summed E-state index contributed by atoms with van der Waals surface area (Å²) in [5, 5.41) is 3.17. The molecule has 0 atom stereocenters. The van der Waals surface area contributed by atoms with Gasteiger partial charge in [-0.15, -0.1) is 11.6 Å². The average molecular weight is 247 g/mol. The van der Waals surface area contributed by atoms with Gasteiger partial charge in [0.1, 0.15) is 0 Å². The molecule has 0 radical (unpaired) electrons. The Morgan fingerprint density at radius 1 is 1.38 bits per heavy atom. The van der Waals surface area contributed by atoms with Crippen LogP contribution in [0.4, 0.5) is 0 Å². The third kappa shape index (κ3) is 5.49. The molecule has 1 amide bonds. The van der Waals surface area contributed by atoms with Gasteiger partial charge in [-0.3, -0.25) is 4.79 Å². The summed E-state index contributed by atoms with van der Waals surface area (Å²) in [5.74, 6) is 0.742. The van der Waals surface area contributed by atoms with E-state index in [2.05, 4.69) is 5.32 Å². The Labute approximate surface area is 102 Å². The lowest BCUT2D eigenvalue weighted by Crippen LogP contribution is -2.41. The van der Waals surface area contributed by atoms with Gasteiger partial charge in [-0.1, -0.05) is 12.2 Å². The van der Waals surface area contributed by atoms with Crippen LogP contribution in [0.3, 0.4) is 0 Å². The van der Waals surface area contributed by atoms with E-state index in [0.717, 1.165) is 19.6 Å². The van der Waals surface area contributed by atoms with Crippen molar-refractivity contribution < 1.29 is 9.53 Å². The highest BCUT2D eigenvalue weighted by Crippen LogP contribution is 1.99. The summed E-state index contributed by atoms with van der Waals surface area (Å²) in [6.45, 7) is 4.26. The Balaban J connectivity index is 2.03. The van der Waals surface area contributed by atoms with Crippen molar-refractivity contribution in [3.8, 4) is 0 Å². The molecule has 1 heterocycles. The van der Waals surface area contributed by atoms with Crippen LogP contribution in [-0.4, -0.2) is 56.1 Å². The highest BCUT2D eigenvalue weighted by molar-refractivity contribution is 6.18. The first kappa shape index (κ1) is 13.5. The lowest BCUT2D eigenvalue weighted by atomic mass is 10.3. The number of halogens is 1. The number of ether oxygens (including phenoxy) is 1. The molecule has 0 aromatic carbocycles. The first-order valence-electron chi connectivity index (χ1n) is 5.62. The van der Waals surface area contributed by atoms with Gasteiger partial charge in [-0.25, -0.2) is 0 Å². The van der Waals surface area contributed by atoms with E-state index in [1.807, 2.05) is 17.1 Å². The van der Waals surface area contributed by atoms with Gasteiger partial charge in [0, 0.05) is 38.5 Å². The van der Waals surface area contributed by atoms with E-state index in [9.17, 15) is 4.79 Å². The molecule has 0 unspecified atom stereocenters. The summed E-state index contributed by atoms with van der Waals surface area (Å²) in [6, 6.07) is 0. The molecule has 1 aliphatic heterocycles. The van der Waals surface area contributed by atoms with E-state index >= 15 is 0 Å². The van der Waals surface area contributed by atoms with Gasteiger partial charge in [-0.05, 0) is 0 Å². The Hall–Kier alpha value is -0.580. The maximum absolute atomic E-state index is 11.7. The van der Waals surface area contributed by atoms with Crippen LogP contribution >= 0.6 is 11.6 Å². The number of morpholine rings is 1. The molecule has 1 aliphatic rings. The monoisotopic (exact) mass is 246 g/mol. The van der Waals surface area contributed by atoms with Crippen molar-refractivity contribution in [1.29, 1.82) is 0 Å². The molecule has 0 spiro atoms. The minimum absolute atomic E-state index is 0.206. The van der Waals surface area contributed by atoms with Crippen molar-refractivity contribution in [2.45, 2.75) is 6.42 Å². The van der Waals surface area contributed by atoms with E-state index in [4.69, 9.17) is 16.3 Å². The zero-order chi connectivity index (χ0) is 11.6. The number of carbonyl (C=O) groups excluding carboxylic acids is 1. The summed E-state index contributed by atoms with van der Waals surface area (Å²) < 4.78 is 5.19. The van der Waals surface area contributed by atoms with Gasteiger partial charge in [0.2, 0.25) is 5.91 Å². The molecule has 1 fully saturated rings. The topological polar surface area (TPSA) is 41.6 Å². The first-order chi connectivity index (χ1) is 7.84. The maximum atomic E-state index is 11.7. The number of hydrogen-bond donors (Lipinski definition) is 1. The summed E-state index contributed by atoms with van der Waals surface area (Å²) in [4.78, 5) is 13.5. The van der Waals surface area contributed by atoms with Crippen LogP contribution in [-0.2, 0) is 9.53 Å². The third-order valence-electron chi connectivity index (χ3n) is 2.40. The molecule has 0 aliphatic carbocycles. The molecule has 5 heteroatoms. The van der Waals surface area contributed by atoms with Gasteiger partial charge in [-0.2, -0.15) is 0 Å². The molecule has 1 rings (SSSR count). The van der Waals surface area contributed by atoms with Crippen molar-refractivity contribution in [2.75, 3.05) is 45.3 Å². The standard InChI is InChI=1S/C11H19ClN2O2/c12-4-1-2-5-13-6-3-11(15)14-7-9-16-10-8-14/h1-2,13H,3-10H2/b2-1+. The summed E-state index contributed by atoms with van der Waals surface area (Å²) in [6.07, 6.45) is 4.40. The molecule has 1 N–H and O–H groups in total. The maximum Gasteiger partial charge on any atom is 0.224 e. The second kappa shape index (κ2) is 8.56. The molecule has 92 valence electrons. The number of allylic oxidation sites excluding steroid dienone is 1. The number of amides is 1. The molecule has 16 heavy (non-hydrogen) atoms. The van der Waals surface area contributed by atoms with E-state index in [0.29, 0.717) is 32.1 Å². The fraction of sp³-hybridized carbons (Fsp3) is 0.727. The highest BCUT2D eigenvalue weighted by atomic mass is 35.5. The molecule has 0 aromatic heterocycles. The summed E-state index contributed by atoms with van der Waals surface area (Å²) in [5.41, 5.74) is 0. The Morgan fingerprint density at radius 2 is 2.12 bits per heavy atom. The molecule has 0 bridgehead atoms. The number of hydrogen-bond acceptors (Lipinski definition) is 3. The first-order valence-corrected chi connectivity index (χ1v) is 6.15. The van der Waals surface area contributed by atoms with Crippen LogP contribution in [0.1, 0.15) is 6.42 Å². The minimum Gasteiger partial charge on any atom is -0.378 e. The van der Waals surface area contributed by atoms with Gasteiger partial charge in [0.15, 0.2) is 0 Å². The molecular weight excluding hydrogens is 228 g/mol. The normalized spacial score (nSPS) is 16.9. The predicted octanol–water partition coefficient (Wildman–Crippen LogP) is 0.620. The van der Waals surface area contributed by atoms with Crippen LogP contribution < -0.4 is 5.32 Å². The minimum atomic E-state index is 0.206. The SMILES string of the molecule is O=C(CCNC/C=C/CCl)N1CCOCC1. The van der Waals surface area contributed by atoms with Crippen LogP contribution in [0, 0.1) is 0 Å². The van der Waals surface area contributed by atoms with Gasteiger partial charge < -0.3 is 15.0 Å². The quantitative estimate of drug-likeness (QED) is 0.425. The molecule has 0 saturated carbocycles. The largest absolute Gasteiger partial charge is 0.378 e. The van der Waals surface area contributed by atoms with Crippen LogP contribution in [0.5, 0.6) is 0 Å². The number of rotatable bonds is 6. The third-order valence-corrected chi connectivity index (χ3v) is 2.58. The summed E-state index contributed by atoms with van der Waals surface area (Å²) in [7, 11) is 0. The molecule has 4 nitrogen and oxygen atoms in total. The van der Waals surface area contributed by atoms with Crippen LogP contribution in [0.15, 0.2) is 12.2 Å². The van der Waals surface area contributed by atoms with Gasteiger partial charge in [0.05, 0.1) is 13.2 Å². The Morgan fingerprint density at radius 3 is 2.81 bits per heavy atom. The van der Waals surface area contributed by atoms with Gasteiger partial charge in [0.25, 0.3) is 0 Å². The number of carbonyl (C=O) groups is 1. The van der Waals surface area contributed by atoms with Crippen molar-refractivity contribution >= 4 is 17.5 Å². The van der Waals surface area contributed by atoms with Crippen molar-refractivity contribution in [3.63, 3.8) is 0 Å². The fourth-order valence-electron chi connectivity index (χ4n) is 1.50. The second-order valence-corrected chi connectivity index (χ2v) is 3.88. The number of nitrogens with one attached hydrogen (secondary N) is 1. The molecule has 1 saturated heterocycles. The lowest BCUT2D eigenvalue weighted by molar-refractivity contribution is -0.135. The van der Waals surface area contributed by atoms with E-state index in [1.54, 1.807) is 0 Å². The summed E-state index contributed by atoms with van der Waals surface area (Å²) >= 11 is 5.48. The van der Waals surface area contributed by atoms with E-state index < -0.39 is 0 Å². The highest BCUT2D eigenvalue weighted by Gasteiger charge is 2.15. The predicted molar refractivity (Wildman–Crippen MR) is 64.7 cm³/mol. The Kier molecular flexibility index (Phi) is 7.21. The van der Waals surface area contributed by atoms with Crippen molar-refractivity contribution in [3.05, 3.63) is 12.2 Å². The zero-order valence-electron chi connectivity index (χ0n) is 9.45. The average Bonchev–Trinajstić information content (AvgIpc) is 2.34. The van der Waals surface area contributed by atoms with E-state index in [1.165, 1.54) is 0 Å². The van der Waals surface area contributed by atoms with Crippen LogP contribution in [0.25, 0.3) is 0 Å².